The molecule has 0 saturated heterocycles. The lowest BCUT2D eigenvalue weighted by Crippen LogP contribution is -2.68. The summed E-state index contributed by atoms with van der Waals surface area (Å²) in [7, 11) is -4.94. The van der Waals surface area contributed by atoms with Crippen LogP contribution in [0, 0.1) is 10.2 Å². The fourth-order valence-corrected chi connectivity index (χ4v) is 5.51. The molecular weight excluding hydrogens is 511 g/mol. The fourth-order valence-electron chi connectivity index (χ4n) is 5.00. The predicted octanol–water partition coefficient (Wildman–Crippen LogP) is 3.31. The predicted molar refractivity (Wildman–Crippen MR) is 124 cm³/mol. The van der Waals surface area contributed by atoms with Crippen molar-refractivity contribution in [2.75, 3.05) is 0 Å². The first-order valence-corrected chi connectivity index (χ1v) is 13.0. The molecule has 0 bridgehead atoms. The maximum Gasteiger partial charge on any atom is 0.364 e. The first-order chi connectivity index (χ1) is 16.7. The van der Waals surface area contributed by atoms with E-state index >= 15 is 0 Å². The van der Waals surface area contributed by atoms with E-state index in [9.17, 15) is 0 Å². The molecule has 6 rings (SSSR count). The molecule has 0 unspecified atom stereocenters. The second kappa shape index (κ2) is 9.52. The lowest BCUT2D eigenvalue weighted by atomic mass is 9.79. The summed E-state index contributed by atoms with van der Waals surface area (Å²) in [6.45, 7) is 0. The number of halogens is 3. The Labute approximate surface area is 214 Å². The zero-order valence-corrected chi connectivity index (χ0v) is 20.6. The van der Waals surface area contributed by atoms with Gasteiger partial charge < -0.3 is 0 Å². The van der Waals surface area contributed by atoms with Crippen LogP contribution in [0.4, 0.5) is 0 Å². The van der Waals surface area contributed by atoms with Crippen LogP contribution in [-0.4, -0.2) is 0 Å². The molecule has 0 aliphatic heterocycles. The Hall–Kier alpha value is -2.48. The number of hydrogen-bond donors (Lipinski definition) is 0. The molecule has 2 aliphatic rings. The van der Waals surface area contributed by atoms with Crippen LogP contribution >= 0.6 is 23.2 Å². The van der Waals surface area contributed by atoms with Crippen molar-refractivity contribution in [3.05, 3.63) is 99.0 Å². The van der Waals surface area contributed by atoms with Crippen molar-refractivity contribution in [2.45, 2.75) is 25.7 Å². The van der Waals surface area contributed by atoms with Gasteiger partial charge in [0.15, 0.2) is 0 Å². The summed E-state index contributed by atoms with van der Waals surface area (Å²) in [4.78, 5) is 0. The number of hydrogen-bond acceptors (Lipinski definition) is 4. The van der Waals surface area contributed by atoms with Gasteiger partial charge >= 0.3 is 11.5 Å². The van der Waals surface area contributed by atoms with Crippen molar-refractivity contribution < 1.29 is 33.3 Å². The first-order valence-electron chi connectivity index (χ1n) is 11.0. The molecule has 1 heterocycles. The quantitative estimate of drug-likeness (QED) is 0.352. The molecule has 8 heteroatoms. The van der Waals surface area contributed by atoms with Gasteiger partial charge in [-0.3, -0.25) is 0 Å². The van der Waals surface area contributed by atoms with Crippen LogP contribution in [0.5, 0.6) is 0 Å². The highest BCUT2D eigenvalue weighted by Gasteiger charge is 2.38. The highest BCUT2D eigenvalue weighted by atomic mass is 35.7. The third-order valence-corrected chi connectivity index (χ3v) is 6.92. The van der Waals surface area contributed by atoms with Gasteiger partial charge in [0.25, 0.3) is 0 Å². The van der Waals surface area contributed by atoms with Crippen LogP contribution in [-0.2, 0) is 25.7 Å². The molecule has 0 saturated carbocycles. The molecule has 0 radical (unpaired) electrons. The summed E-state index contributed by atoms with van der Waals surface area (Å²) in [5.41, 5.74) is 9.86. The molecule has 2 aliphatic carbocycles. The van der Waals surface area contributed by atoms with E-state index < -0.39 is 10.2 Å². The van der Waals surface area contributed by atoms with E-state index in [1.165, 1.54) is 38.9 Å². The highest BCUT2D eigenvalue weighted by molar-refractivity contribution is 6.36. The van der Waals surface area contributed by atoms with E-state index in [4.69, 9.17) is 46.3 Å². The molecule has 0 atom stereocenters. The monoisotopic (exact) mass is 528 g/mol. The van der Waals surface area contributed by atoms with E-state index in [1.54, 1.807) is 0 Å². The topological polar surface area (TPSA) is 104 Å². The maximum atomic E-state index is 8.49. The average Bonchev–Trinajstić information content (AvgIpc) is 2.82. The van der Waals surface area contributed by atoms with Gasteiger partial charge in [0.2, 0.25) is 0 Å². The molecule has 0 amide bonds. The smallest absolute Gasteiger partial charge is 0.222 e. The Morgan fingerprint density at radius 1 is 0.629 bits per heavy atom. The number of fused-ring (bicyclic) bond motifs is 6. The van der Waals surface area contributed by atoms with E-state index in [0.717, 1.165) is 42.8 Å². The largest absolute Gasteiger partial charge is 0.364 e. The van der Waals surface area contributed by atoms with E-state index in [0.29, 0.717) is 10.0 Å². The lowest BCUT2D eigenvalue weighted by molar-refractivity contribution is -2.00. The van der Waals surface area contributed by atoms with E-state index in [2.05, 4.69) is 54.6 Å². The normalized spacial score (nSPS) is 13.5. The molecule has 35 heavy (non-hydrogen) atoms. The summed E-state index contributed by atoms with van der Waals surface area (Å²) < 4.78 is 40.7. The minimum absolute atomic E-state index is 0.655. The molecular formula is C27H19Cl3O5. The molecule has 1 aromatic heterocycles. The summed E-state index contributed by atoms with van der Waals surface area (Å²) in [6.07, 6.45) is 3.90. The van der Waals surface area contributed by atoms with Gasteiger partial charge in [0.1, 0.15) is 0 Å². The van der Waals surface area contributed by atoms with Crippen molar-refractivity contribution >= 4 is 23.2 Å². The number of rotatable bonds is 1. The Morgan fingerprint density at radius 3 is 1.60 bits per heavy atom. The van der Waals surface area contributed by atoms with E-state index in [-0.39, 0.29) is 0 Å². The standard InChI is InChI=1S/C27H19Cl2O.ClHO4/c28-18-11-14-21(24(29)15-18)25-22-12-9-16-5-1-3-7-19(16)26(22)30-27-20-8-4-2-6-17(20)10-13-23(25)27;2-1(3,4)5/h1-8,11,14-15H,9-10,12-13H2;(H,2,3,4,5)/q+1;/p-1. The Bertz CT molecular complexity index is 1350. The molecule has 0 fully saturated rings. The SMILES string of the molecule is Clc1ccc(-c2c3c([o+]c4c2CCc2ccccc2-4)-c2ccccc2CC3)c(Cl)c1.[O-][Cl+3]([O-])([O-])[O-]. The zero-order valence-electron chi connectivity index (χ0n) is 18.4. The molecule has 178 valence electrons. The minimum Gasteiger partial charge on any atom is -0.222 e. The summed E-state index contributed by atoms with van der Waals surface area (Å²) in [5, 5.41) is 1.35. The van der Waals surface area contributed by atoms with Crippen molar-refractivity contribution in [1.82, 2.24) is 0 Å². The molecule has 0 spiro atoms. The van der Waals surface area contributed by atoms with Gasteiger partial charge in [-0.15, -0.1) is 10.2 Å². The highest BCUT2D eigenvalue weighted by Crippen LogP contribution is 2.48. The van der Waals surface area contributed by atoms with Crippen LogP contribution in [0.15, 0.2) is 71.1 Å². The number of aryl methyl sites for hydroxylation is 2. The molecule has 0 N–H and O–H groups in total. The summed E-state index contributed by atoms with van der Waals surface area (Å²) >= 11 is 13.0. The molecule has 3 aromatic carbocycles. The maximum absolute atomic E-state index is 8.49. The van der Waals surface area contributed by atoms with Crippen molar-refractivity contribution in [2.24, 2.45) is 0 Å². The van der Waals surface area contributed by atoms with E-state index in [1.807, 2.05) is 12.1 Å². The van der Waals surface area contributed by atoms with Gasteiger partial charge in [0.05, 0.1) is 22.3 Å². The summed E-state index contributed by atoms with van der Waals surface area (Å²) in [6, 6.07) is 23.0. The van der Waals surface area contributed by atoms with Crippen LogP contribution in [0.3, 0.4) is 0 Å². The first kappa shape index (κ1) is 24.2. The third kappa shape index (κ3) is 4.95. The fraction of sp³-hybridized carbons (Fsp3) is 0.148. The minimum atomic E-state index is -4.94. The molecule has 4 aromatic rings. The second-order valence-corrected chi connectivity index (χ2v) is 10.0. The zero-order chi connectivity index (χ0) is 24.7. The second-order valence-electron chi connectivity index (χ2n) is 8.41. The lowest BCUT2D eigenvalue weighted by Gasteiger charge is -2.22. The van der Waals surface area contributed by atoms with Crippen LogP contribution in [0.1, 0.15) is 22.3 Å². The van der Waals surface area contributed by atoms with Gasteiger partial charge in [-0.25, -0.2) is 23.1 Å². The van der Waals surface area contributed by atoms with Gasteiger partial charge in [-0.1, -0.05) is 65.7 Å². The molecule has 5 nitrogen and oxygen atoms in total. The van der Waals surface area contributed by atoms with Crippen LogP contribution in [0.2, 0.25) is 10.0 Å². The third-order valence-electron chi connectivity index (χ3n) is 6.37. The van der Waals surface area contributed by atoms with Crippen LogP contribution < -0.4 is 18.6 Å². The Balaban J connectivity index is 0.000000464. The Morgan fingerprint density at radius 2 is 1.11 bits per heavy atom. The van der Waals surface area contributed by atoms with Crippen molar-refractivity contribution in [3.63, 3.8) is 0 Å². The van der Waals surface area contributed by atoms with Gasteiger partial charge in [-0.05, 0) is 61.1 Å². The van der Waals surface area contributed by atoms with Crippen LogP contribution in [0.25, 0.3) is 33.8 Å². The van der Waals surface area contributed by atoms with Gasteiger partial charge in [-0.2, -0.15) is 0 Å². The van der Waals surface area contributed by atoms with Gasteiger partial charge in [0, 0.05) is 21.2 Å². The summed E-state index contributed by atoms with van der Waals surface area (Å²) in [5.74, 6) is 1.96. The van der Waals surface area contributed by atoms with Crippen molar-refractivity contribution in [1.29, 1.82) is 0 Å². The average molecular weight is 530 g/mol. The van der Waals surface area contributed by atoms with Crippen molar-refractivity contribution in [3.8, 4) is 33.8 Å². The Kier molecular flexibility index (Phi) is 6.59. The number of benzene rings is 3.